The maximum absolute atomic E-state index is 13.2. The molecule has 0 aliphatic carbocycles. The molecular formula is C34H40FNO4. The van der Waals surface area contributed by atoms with Crippen LogP contribution in [-0.4, -0.2) is 24.9 Å². The van der Waals surface area contributed by atoms with E-state index in [0.717, 1.165) is 29.9 Å². The van der Waals surface area contributed by atoms with Crippen molar-refractivity contribution >= 4 is 5.97 Å². The van der Waals surface area contributed by atoms with Gasteiger partial charge in [0.15, 0.2) is 6.10 Å². The molecule has 0 aliphatic rings. The lowest BCUT2D eigenvalue weighted by Crippen LogP contribution is -2.16. The molecule has 0 fully saturated rings. The first-order chi connectivity index (χ1) is 19.4. The van der Waals surface area contributed by atoms with Crippen LogP contribution in [0.2, 0.25) is 0 Å². The summed E-state index contributed by atoms with van der Waals surface area (Å²) in [7, 11) is 0. The van der Waals surface area contributed by atoms with E-state index in [0.29, 0.717) is 16.9 Å². The van der Waals surface area contributed by atoms with Gasteiger partial charge in [-0.1, -0.05) is 75.4 Å². The highest BCUT2D eigenvalue weighted by atomic mass is 19.1. The molecule has 0 bridgehead atoms. The van der Waals surface area contributed by atoms with Crippen LogP contribution in [0.25, 0.3) is 11.1 Å². The average Bonchev–Trinajstić information content (AvgIpc) is 2.96. The Kier molecular flexibility index (Phi) is 12.7. The van der Waals surface area contributed by atoms with Crippen LogP contribution in [0.3, 0.4) is 0 Å². The van der Waals surface area contributed by atoms with Crippen molar-refractivity contribution in [3.05, 3.63) is 83.9 Å². The summed E-state index contributed by atoms with van der Waals surface area (Å²) in [5.41, 5.74) is 3.07. The quantitative estimate of drug-likeness (QED) is 0.102. The van der Waals surface area contributed by atoms with Crippen LogP contribution in [0.15, 0.2) is 72.8 Å². The molecule has 0 radical (unpaired) electrons. The summed E-state index contributed by atoms with van der Waals surface area (Å²) in [6, 6.07) is 23.9. The van der Waals surface area contributed by atoms with Crippen molar-refractivity contribution < 1.29 is 23.4 Å². The number of carbonyl (C=O) groups is 1. The lowest BCUT2D eigenvalue weighted by Gasteiger charge is -2.18. The van der Waals surface area contributed by atoms with Crippen LogP contribution in [0.5, 0.6) is 11.5 Å². The lowest BCUT2D eigenvalue weighted by molar-refractivity contribution is 0.0112. The smallest absolute Gasteiger partial charge is 0.343 e. The molecule has 0 aromatic heterocycles. The highest BCUT2D eigenvalue weighted by Crippen LogP contribution is 2.25. The van der Waals surface area contributed by atoms with E-state index < -0.39 is 24.3 Å². The first-order valence-corrected chi connectivity index (χ1v) is 14.2. The molecule has 3 aromatic rings. The molecule has 3 rings (SSSR count). The van der Waals surface area contributed by atoms with Crippen molar-refractivity contribution in [1.82, 2.24) is 0 Å². The maximum Gasteiger partial charge on any atom is 0.343 e. The summed E-state index contributed by atoms with van der Waals surface area (Å²) in [4.78, 5) is 12.7. The zero-order chi connectivity index (χ0) is 28.7. The van der Waals surface area contributed by atoms with E-state index in [-0.39, 0.29) is 6.42 Å². The molecule has 0 amide bonds. The van der Waals surface area contributed by atoms with Crippen LogP contribution in [0.4, 0.5) is 4.39 Å². The molecule has 212 valence electrons. The van der Waals surface area contributed by atoms with Crippen LogP contribution >= 0.6 is 0 Å². The molecule has 0 saturated carbocycles. The Morgan fingerprint density at radius 2 is 1.40 bits per heavy atom. The maximum atomic E-state index is 13.2. The number of halogens is 1. The van der Waals surface area contributed by atoms with Crippen molar-refractivity contribution in [2.24, 2.45) is 0 Å². The van der Waals surface area contributed by atoms with Crippen molar-refractivity contribution in [3.63, 3.8) is 0 Å². The minimum atomic E-state index is -1.01. The molecule has 6 heteroatoms. The Labute approximate surface area is 237 Å². The number of nitriles is 1. The topological polar surface area (TPSA) is 68.5 Å². The fourth-order valence-corrected chi connectivity index (χ4v) is 4.42. The molecule has 5 nitrogen and oxygen atoms in total. The Balaban J connectivity index is 1.50. The molecule has 0 aliphatic heterocycles. The van der Waals surface area contributed by atoms with Crippen LogP contribution in [-0.2, 0) is 4.74 Å². The highest BCUT2D eigenvalue weighted by molar-refractivity contribution is 5.91. The van der Waals surface area contributed by atoms with Gasteiger partial charge in [-0.05, 0) is 73.4 Å². The average molecular weight is 546 g/mol. The highest BCUT2D eigenvalue weighted by Gasteiger charge is 2.17. The van der Waals surface area contributed by atoms with E-state index in [1.165, 1.54) is 39.0 Å². The summed E-state index contributed by atoms with van der Waals surface area (Å²) in [6.45, 7) is 6.16. The zero-order valence-electron chi connectivity index (χ0n) is 23.8. The number of ether oxygens (including phenoxy) is 3. The Morgan fingerprint density at radius 3 is 2.00 bits per heavy atom. The number of alkyl halides is 1. The first kappa shape index (κ1) is 30.8. The lowest BCUT2D eigenvalue weighted by atomic mass is 10.0. The van der Waals surface area contributed by atoms with Gasteiger partial charge in [-0.15, -0.1) is 0 Å². The van der Waals surface area contributed by atoms with Gasteiger partial charge in [0.25, 0.3) is 0 Å². The summed E-state index contributed by atoms with van der Waals surface area (Å²) in [6.07, 6.45) is 5.40. The molecule has 0 heterocycles. The van der Waals surface area contributed by atoms with Crippen LogP contribution in [0, 0.1) is 11.3 Å². The number of nitrogens with zero attached hydrogens (tertiary/aromatic N) is 1. The van der Waals surface area contributed by atoms with E-state index >= 15 is 0 Å². The minimum Gasteiger partial charge on any atom is -0.494 e. The molecule has 3 atom stereocenters. The summed E-state index contributed by atoms with van der Waals surface area (Å²) in [5.74, 6) is 0.743. The van der Waals surface area contributed by atoms with Crippen molar-refractivity contribution in [2.75, 3.05) is 6.61 Å². The van der Waals surface area contributed by atoms with Gasteiger partial charge in [-0.3, -0.25) is 0 Å². The summed E-state index contributed by atoms with van der Waals surface area (Å²) < 4.78 is 30.3. The standard InChI is InChI=1S/C34H40FNO4/c1-4-5-6-7-8-9-22-38-31-18-14-28(15-19-31)27-10-12-30(13-11-27)34(37)40-32-20-16-29(17-21-32)33(24-36)39-26(3)23-25(2)35/h10-21,25-26,33H,4-9,22-23H2,1-3H3/t25-,26+,33?/m0/s1. The van der Waals surface area contributed by atoms with Gasteiger partial charge >= 0.3 is 5.97 Å². The first-order valence-electron chi connectivity index (χ1n) is 14.2. The normalized spacial score (nSPS) is 13.2. The third-order valence-electron chi connectivity index (χ3n) is 6.61. The molecule has 1 unspecified atom stereocenters. The van der Waals surface area contributed by atoms with E-state index in [2.05, 4.69) is 13.0 Å². The molecule has 3 aromatic carbocycles. The third kappa shape index (κ3) is 10.1. The second kappa shape index (κ2) is 16.4. The number of esters is 1. The predicted molar refractivity (Wildman–Crippen MR) is 156 cm³/mol. The van der Waals surface area contributed by atoms with Gasteiger partial charge in [-0.25, -0.2) is 9.18 Å². The largest absolute Gasteiger partial charge is 0.494 e. The van der Waals surface area contributed by atoms with Crippen LogP contribution < -0.4 is 9.47 Å². The van der Waals surface area contributed by atoms with Gasteiger partial charge in [0, 0.05) is 6.42 Å². The van der Waals surface area contributed by atoms with Crippen molar-refractivity contribution in [2.45, 2.75) is 84.1 Å². The number of benzene rings is 3. The van der Waals surface area contributed by atoms with E-state index in [1.54, 1.807) is 43.3 Å². The monoisotopic (exact) mass is 545 g/mol. The molecule has 0 N–H and O–H groups in total. The van der Waals surface area contributed by atoms with Crippen LogP contribution in [0.1, 0.15) is 87.7 Å². The third-order valence-corrected chi connectivity index (χ3v) is 6.61. The SMILES string of the molecule is CCCCCCCCOc1ccc(-c2ccc(C(=O)Oc3ccc(C(C#N)O[C@H](C)C[C@H](C)F)cc3)cc2)cc1. The number of hydrogen-bond acceptors (Lipinski definition) is 5. The fraction of sp³-hybridized carbons (Fsp3) is 0.412. The molecular weight excluding hydrogens is 505 g/mol. The molecule has 0 spiro atoms. The summed E-state index contributed by atoms with van der Waals surface area (Å²) >= 11 is 0. The van der Waals surface area contributed by atoms with Crippen molar-refractivity contribution in [1.29, 1.82) is 5.26 Å². The Hall–Kier alpha value is -3.69. The molecule has 0 saturated heterocycles. The second-order valence-electron chi connectivity index (χ2n) is 10.1. The second-order valence-corrected chi connectivity index (χ2v) is 10.1. The van der Waals surface area contributed by atoms with Crippen molar-refractivity contribution in [3.8, 4) is 28.7 Å². The molecule has 40 heavy (non-hydrogen) atoms. The van der Waals surface area contributed by atoms with E-state index in [1.807, 2.05) is 36.4 Å². The zero-order valence-corrected chi connectivity index (χ0v) is 23.8. The van der Waals surface area contributed by atoms with Gasteiger partial charge in [0.2, 0.25) is 0 Å². The predicted octanol–water partition coefficient (Wildman–Crippen LogP) is 9.03. The van der Waals surface area contributed by atoms with Gasteiger partial charge < -0.3 is 14.2 Å². The summed E-state index contributed by atoms with van der Waals surface area (Å²) in [5, 5.41) is 9.46. The Bertz CT molecular complexity index is 1200. The van der Waals surface area contributed by atoms with Gasteiger partial charge in [0.1, 0.15) is 11.5 Å². The number of unbranched alkanes of at least 4 members (excludes halogenated alkanes) is 5. The Morgan fingerprint density at radius 1 is 0.825 bits per heavy atom. The number of carbonyl (C=O) groups excluding carboxylic acids is 1. The van der Waals surface area contributed by atoms with Gasteiger partial charge in [0.05, 0.1) is 30.5 Å². The number of hydrogen-bond donors (Lipinski definition) is 0. The minimum absolute atomic E-state index is 0.214. The van der Waals surface area contributed by atoms with E-state index in [4.69, 9.17) is 14.2 Å². The fourth-order valence-electron chi connectivity index (χ4n) is 4.42. The number of rotatable bonds is 16. The van der Waals surface area contributed by atoms with E-state index in [9.17, 15) is 14.4 Å². The van der Waals surface area contributed by atoms with Gasteiger partial charge in [-0.2, -0.15) is 5.26 Å².